The van der Waals surface area contributed by atoms with Crippen molar-refractivity contribution in [3.05, 3.63) is 99.2 Å². The van der Waals surface area contributed by atoms with E-state index in [0.29, 0.717) is 37.2 Å². The predicted octanol–water partition coefficient (Wildman–Crippen LogP) is 6.04. The van der Waals surface area contributed by atoms with Crippen molar-refractivity contribution in [3.8, 4) is 0 Å². The standard InChI is InChI=1S/C23H16Cl2FN5O2S2/c24-14-7-17-18(12-29-22(17)28-10-14)20(35(32,33)16-4-2-1-3-5-16)19-21(25)31-23(34-19)30-9-13-6-15(26)11-27-8-13/h1-8,10-12,20H,9H2,(H,28,29)(H,30,31). The van der Waals surface area contributed by atoms with Gasteiger partial charge in [0, 0.05) is 36.1 Å². The summed E-state index contributed by atoms with van der Waals surface area (Å²) in [6.45, 7) is 0.233. The van der Waals surface area contributed by atoms with Gasteiger partial charge >= 0.3 is 0 Å². The summed E-state index contributed by atoms with van der Waals surface area (Å²) in [5.41, 5.74) is 1.55. The Labute approximate surface area is 213 Å². The Kier molecular flexibility index (Phi) is 6.45. The largest absolute Gasteiger partial charge is 0.357 e. The molecule has 4 aromatic heterocycles. The van der Waals surface area contributed by atoms with Gasteiger partial charge in [0.05, 0.1) is 21.0 Å². The molecule has 0 fully saturated rings. The first-order valence-electron chi connectivity index (χ1n) is 10.2. The van der Waals surface area contributed by atoms with E-state index in [-0.39, 0.29) is 16.6 Å². The second kappa shape index (κ2) is 9.54. The minimum Gasteiger partial charge on any atom is -0.357 e. The van der Waals surface area contributed by atoms with Gasteiger partial charge in [-0.05, 0) is 29.8 Å². The molecule has 0 saturated heterocycles. The highest BCUT2D eigenvalue weighted by atomic mass is 35.5. The van der Waals surface area contributed by atoms with E-state index in [2.05, 4.69) is 25.3 Å². The number of rotatable bonds is 7. The first kappa shape index (κ1) is 23.7. The van der Waals surface area contributed by atoms with Crippen molar-refractivity contribution in [2.75, 3.05) is 5.32 Å². The lowest BCUT2D eigenvalue weighted by Crippen LogP contribution is -2.14. The lowest BCUT2D eigenvalue weighted by Gasteiger charge is -2.16. The summed E-state index contributed by atoms with van der Waals surface area (Å²) in [6, 6.07) is 11.1. The third-order valence-electron chi connectivity index (χ3n) is 5.25. The number of sulfone groups is 1. The summed E-state index contributed by atoms with van der Waals surface area (Å²) >= 11 is 13.8. The number of anilines is 1. The highest BCUT2D eigenvalue weighted by Gasteiger charge is 2.36. The molecule has 7 nitrogen and oxygen atoms in total. The number of thiazole rings is 1. The molecule has 5 rings (SSSR count). The normalized spacial score (nSPS) is 12.7. The van der Waals surface area contributed by atoms with Crippen LogP contribution < -0.4 is 5.32 Å². The molecule has 1 aromatic carbocycles. The van der Waals surface area contributed by atoms with E-state index in [1.807, 2.05) is 0 Å². The second-order valence-electron chi connectivity index (χ2n) is 7.57. The highest BCUT2D eigenvalue weighted by molar-refractivity contribution is 7.92. The number of benzene rings is 1. The van der Waals surface area contributed by atoms with Crippen LogP contribution >= 0.6 is 34.5 Å². The summed E-state index contributed by atoms with van der Waals surface area (Å²) in [6.07, 6.45) is 5.72. The van der Waals surface area contributed by atoms with E-state index in [9.17, 15) is 12.8 Å². The Morgan fingerprint density at radius 1 is 1.11 bits per heavy atom. The molecule has 0 amide bonds. The van der Waals surface area contributed by atoms with Gasteiger partial charge in [0.2, 0.25) is 0 Å². The minimum atomic E-state index is -3.96. The lowest BCUT2D eigenvalue weighted by atomic mass is 10.1. The SMILES string of the molecule is O=S(=O)(c1ccccc1)C(c1sc(NCc2cncc(F)c2)nc1Cl)c1c[nH]c2ncc(Cl)cc12. The zero-order chi connectivity index (χ0) is 24.6. The van der Waals surface area contributed by atoms with Gasteiger partial charge < -0.3 is 10.3 Å². The zero-order valence-corrected chi connectivity index (χ0v) is 20.9. The van der Waals surface area contributed by atoms with E-state index in [0.717, 1.165) is 17.5 Å². The molecule has 0 bridgehead atoms. The van der Waals surface area contributed by atoms with Crippen LogP contribution in [0.3, 0.4) is 0 Å². The van der Waals surface area contributed by atoms with Gasteiger partial charge in [0.1, 0.15) is 21.9 Å². The molecule has 4 heterocycles. The van der Waals surface area contributed by atoms with Crippen molar-refractivity contribution >= 4 is 60.5 Å². The first-order valence-corrected chi connectivity index (χ1v) is 13.4. The smallest absolute Gasteiger partial charge is 0.190 e. The minimum absolute atomic E-state index is 0.0451. The monoisotopic (exact) mass is 547 g/mol. The Hall–Kier alpha value is -3.05. The quantitative estimate of drug-likeness (QED) is 0.257. The lowest BCUT2D eigenvalue weighted by molar-refractivity contribution is 0.590. The number of hydrogen-bond acceptors (Lipinski definition) is 7. The molecule has 178 valence electrons. The van der Waals surface area contributed by atoms with Gasteiger partial charge in [-0.1, -0.05) is 52.7 Å². The molecule has 0 saturated carbocycles. The zero-order valence-electron chi connectivity index (χ0n) is 17.7. The fourth-order valence-electron chi connectivity index (χ4n) is 3.69. The predicted molar refractivity (Wildman–Crippen MR) is 135 cm³/mol. The van der Waals surface area contributed by atoms with Crippen LogP contribution in [0.2, 0.25) is 10.2 Å². The maximum Gasteiger partial charge on any atom is 0.190 e. The van der Waals surface area contributed by atoms with E-state index in [1.165, 1.54) is 30.6 Å². The fraction of sp³-hybridized carbons (Fsp3) is 0.0870. The number of pyridine rings is 2. The fourth-order valence-corrected chi connectivity index (χ4v) is 7.38. The van der Waals surface area contributed by atoms with E-state index in [1.54, 1.807) is 30.5 Å². The van der Waals surface area contributed by atoms with E-state index >= 15 is 0 Å². The topological polar surface area (TPSA) is 101 Å². The summed E-state index contributed by atoms with van der Waals surface area (Å²) in [5.74, 6) is -0.456. The highest BCUT2D eigenvalue weighted by Crippen LogP contribution is 2.44. The molecular weight excluding hydrogens is 532 g/mol. The number of fused-ring (bicyclic) bond motifs is 1. The van der Waals surface area contributed by atoms with E-state index < -0.39 is 20.9 Å². The molecule has 0 spiro atoms. The van der Waals surface area contributed by atoms with Gasteiger partial charge in [0.15, 0.2) is 15.0 Å². The van der Waals surface area contributed by atoms with Crippen molar-refractivity contribution < 1.29 is 12.8 Å². The van der Waals surface area contributed by atoms with Gasteiger partial charge in [0.25, 0.3) is 0 Å². The average Bonchev–Trinajstić information content (AvgIpc) is 3.42. The van der Waals surface area contributed by atoms with Crippen LogP contribution in [0.5, 0.6) is 0 Å². The van der Waals surface area contributed by atoms with Crippen LogP contribution in [0, 0.1) is 5.82 Å². The second-order valence-corrected chi connectivity index (χ2v) is 11.4. The van der Waals surface area contributed by atoms with Crippen LogP contribution in [-0.2, 0) is 16.4 Å². The molecule has 0 aliphatic heterocycles. The Balaban J connectivity index is 1.60. The maximum absolute atomic E-state index is 13.9. The third kappa shape index (κ3) is 4.74. The van der Waals surface area contributed by atoms with Gasteiger partial charge in [-0.25, -0.2) is 22.8 Å². The third-order valence-corrected chi connectivity index (χ3v) is 9.12. The molecule has 0 aliphatic carbocycles. The molecule has 35 heavy (non-hydrogen) atoms. The van der Waals surface area contributed by atoms with Crippen LogP contribution in [0.15, 0.2) is 72.1 Å². The number of hydrogen-bond donors (Lipinski definition) is 2. The number of halogens is 3. The van der Waals surface area contributed by atoms with Gasteiger partial charge in [-0.15, -0.1) is 0 Å². The molecule has 5 aromatic rings. The summed E-state index contributed by atoms with van der Waals surface area (Å²) in [5, 5.41) is 3.26. The van der Waals surface area contributed by atoms with Crippen LogP contribution in [0.1, 0.15) is 21.3 Å². The number of nitrogens with one attached hydrogen (secondary N) is 2. The van der Waals surface area contributed by atoms with Gasteiger partial charge in [-0.2, -0.15) is 0 Å². The summed E-state index contributed by atoms with van der Waals surface area (Å²) in [7, 11) is -3.96. The maximum atomic E-state index is 13.9. The van der Waals surface area contributed by atoms with Crippen molar-refractivity contribution in [2.24, 2.45) is 0 Å². The van der Waals surface area contributed by atoms with Crippen molar-refractivity contribution in [1.29, 1.82) is 0 Å². The van der Waals surface area contributed by atoms with Crippen LogP contribution in [0.25, 0.3) is 11.0 Å². The van der Waals surface area contributed by atoms with Crippen molar-refractivity contribution in [2.45, 2.75) is 16.7 Å². The Morgan fingerprint density at radius 3 is 2.69 bits per heavy atom. The number of nitrogens with zero attached hydrogens (tertiary/aromatic N) is 3. The Morgan fingerprint density at radius 2 is 1.91 bits per heavy atom. The first-order chi connectivity index (χ1) is 16.8. The number of H-pyrrole nitrogens is 1. The van der Waals surface area contributed by atoms with E-state index in [4.69, 9.17) is 23.2 Å². The summed E-state index contributed by atoms with van der Waals surface area (Å²) in [4.78, 5) is 15.9. The Bertz CT molecular complexity index is 1620. The number of aromatic amines is 1. The molecule has 2 N–H and O–H groups in total. The molecule has 1 unspecified atom stereocenters. The summed E-state index contributed by atoms with van der Waals surface area (Å²) < 4.78 is 41.3. The molecular formula is C23H16Cl2FN5O2S2. The van der Waals surface area contributed by atoms with Gasteiger partial charge in [-0.3, -0.25) is 4.98 Å². The number of aromatic nitrogens is 4. The average molecular weight is 548 g/mol. The molecule has 12 heteroatoms. The van der Waals surface area contributed by atoms with Crippen LogP contribution in [0.4, 0.5) is 9.52 Å². The molecule has 1 atom stereocenters. The molecule has 0 aliphatic rings. The molecule has 0 radical (unpaired) electrons. The van der Waals surface area contributed by atoms with Crippen molar-refractivity contribution in [3.63, 3.8) is 0 Å². The van der Waals surface area contributed by atoms with Crippen molar-refractivity contribution in [1.82, 2.24) is 19.9 Å². The van der Waals surface area contributed by atoms with Crippen LogP contribution in [-0.4, -0.2) is 28.4 Å².